The van der Waals surface area contributed by atoms with Crippen LogP contribution in [0.15, 0.2) is 65.9 Å². The standard InChI is InChI=1S/C22H25F2N5.HI/c1-2-25-22(26-13-11-19-20(23)9-5-10-21(19)24)27-15-17-7-3-4-8-18(17)16-29-14-6-12-28-29;/h3-10,12,14H,2,11,13,15-16H2,1H3,(H2,25,26,27);1H. The topological polar surface area (TPSA) is 54.2 Å². The maximum absolute atomic E-state index is 13.8. The van der Waals surface area contributed by atoms with Crippen LogP contribution < -0.4 is 10.6 Å². The number of rotatable bonds is 8. The second kappa shape index (κ2) is 12.3. The lowest BCUT2D eigenvalue weighted by Gasteiger charge is -2.13. The molecule has 30 heavy (non-hydrogen) atoms. The first-order valence-electron chi connectivity index (χ1n) is 9.66. The monoisotopic (exact) mass is 525 g/mol. The first-order valence-corrected chi connectivity index (χ1v) is 9.66. The summed E-state index contributed by atoms with van der Waals surface area (Å²) >= 11 is 0. The van der Waals surface area contributed by atoms with Gasteiger partial charge in [0.05, 0.1) is 13.1 Å². The minimum absolute atomic E-state index is 0. The average molecular weight is 525 g/mol. The normalized spacial score (nSPS) is 11.1. The van der Waals surface area contributed by atoms with Crippen LogP contribution in [0.2, 0.25) is 0 Å². The molecule has 2 aromatic carbocycles. The third-order valence-corrected chi connectivity index (χ3v) is 4.49. The van der Waals surface area contributed by atoms with Crippen LogP contribution in [0.1, 0.15) is 23.6 Å². The predicted octanol–water partition coefficient (Wildman–Crippen LogP) is 4.13. The summed E-state index contributed by atoms with van der Waals surface area (Å²) in [6.45, 7) is 4.20. The molecule has 2 N–H and O–H groups in total. The lowest BCUT2D eigenvalue weighted by molar-refractivity contribution is 0.553. The number of nitrogens with zero attached hydrogens (tertiary/aromatic N) is 3. The van der Waals surface area contributed by atoms with Gasteiger partial charge in [-0.2, -0.15) is 5.10 Å². The van der Waals surface area contributed by atoms with E-state index in [1.54, 1.807) is 6.20 Å². The van der Waals surface area contributed by atoms with Crippen LogP contribution in [-0.4, -0.2) is 28.8 Å². The summed E-state index contributed by atoms with van der Waals surface area (Å²) in [7, 11) is 0. The number of hydrogen-bond acceptors (Lipinski definition) is 2. The third-order valence-electron chi connectivity index (χ3n) is 4.49. The summed E-state index contributed by atoms with van der Waals surface area (Å²) < 4.78 is 29.4. The molecule has 3 aromatic rings. The molecule has 0 atom stereocenters. The molecule has 0 saturated carbocycles. The van der Waals surface area contributed by atoms with Crippen LogP contribution in [0.4, 0.5) is 8.78 Å². The van der Waals surface area contributed by atoms with Gasteiger partial charge in [-0.3, -0.25) is 4.68 Å². The van der Waals surface area contributed by atoms with E-state index >= 15 is 0 Å². The van der Waals surface area contributed by atoms with E-state index in [2.05, 4.69) is 26.8 Å². The molecule has 0 fully saturated rings. The van der Waals surface area contributed by atoms with Crippen LogP contribution in [-0.2, 0) is 19.5 Å². The maximum atomic E-state index is 13.8. The van der Waals surface area contributed by atoms with Crippen molar-refractivity contribution < 1.29 is 8.78 Å². The Labute approximate surface area is 192 Å². The summed E-state index contributed by atoms with van der Waals surface area (Å²) in [5.41, 5.74) is 2.32. The number of aromatic nitrogens is 2. The van der Waals surface area contributed by atoms with Gasteiger partial charge in [0.15, 0.2) is 5.96 Å². The van der Waals surface area contributed by atoms with Gasteiger partial charge in [-0.15, -0.1) is 24.0 Å². The zero-order valence-corrected chi connectivity index (χ0v) is 19.1. The van der Waals surface area contributed by atoms with Crippen molar-refractivity contribution >= 4 is 29.9 Å². The fraction of sp³-hybridized carbons (Fsp3) is 0.273. The molecule has 1 aromatic heterocycles. The van der Waals surface area contributed by atoms with E-state index in [4.69, 9.17) is 0 Å². The Hall–Kier alpha value is -2.49. The van der Waals surface area contributed by atoms with Gasteiger partial charge in [0.25, 0.3) is 0 Å². The third kappa shape index (κ3) is 6.79. The van der Waals surface area contributed by atoms with Gasteiger partial charge in [0.2, 0.25) is 0 Å². The molecule has 0 aliphatic heterocycles. The maximum Gasteiger partial charge on any atom is 0.191 e. The van der Waals surface area contributed by atoms with Gasteiger partial charge >= 0.3 is 0 Å². The number of hydrogen-bond donors (Lipinski definition) is 2. The smallest absolute Gasteiger partial charge is 0.191 e. The van der Waals surface area contributed by atoms with E-state index < -0.39 is 11.6 Å². The van der Waals surface area contributed by atoms with Crippen molar-refractivity contribution in [2.24, 2.45) is 4.99 Å². The molecule has 1 heterocycles. The highest BCUT2D eigenvalue weighted by Crippen LogP contribution is 2.13. The average Bonchev–Trinajstić information content (AvgIpc) is 3.22. The molecule has 0 saturated heterocycles. The number of nitrogens with one attached hydrogen (secondary N) is 2. The highest BCUT2D eigenvalue weighted by atomic mass is 127. The highest BCUT2D eigenvalue weighted by Gasteiger charge is 2.08. The molecular weight excluding hydrogens is 499 g/mol. The Morgan fingerprint density at radius 1 is 1.00 bits per heavy atom. The molecule has 0 aliphatic rings. The molecule has 0 aliphatic carbocycles. The Morgan fingerprint density at radius 3 is 2.40 bits per heavy atom. The summed E-state index contributed by atoms with van der Waals surface area (Å²) in [5, 5.41) is 10.6. The van der Waals surface area contributed by atoms with Crippen molar-refractivity contribution in [1.82, 2.24) is 20.4 Å². The predicted molar refractivity (Wildman–Crippen MR) is 126 cm³/mol. The Kier molecular flexibility index (Phi) is 9.72. The quantitative estimate of drug-likeness (QED) is 0.264. The Bertz CT molecular complexity index is 924. The zero-order chi connectivity index (χ0) is 20.5. The lowest BCUT2D eigenvalue weighted by Crippen LogP contribution is -2.38. The van der Waals surface area contributed by atoms with Gasteiger partial charge < -0.3 is 10.6 Å². The van der Waals surface area contributed by atoms with Crippen molar-refractivity contribution in [3.05, 3.63) is 89.2 Å². The summed E-state index contributed by atoms with van der Waals surface area (Å²) in [4.78, 5) is 4.63. The minimum atomic E-state index is -0.527. The van der Waals surface area contributed by atoms with E-state index in [-0.39, 0.29) is 36.0 Å². The molecule has 0 bridgehead atoms. The lowest BCUT2D eigenvalue weighted by atomic mass is 10.1. The SMILES string of the molecule is CCNC(=NCc1ccccc1Cn1cccn1)NCCc1c(F)cccc1F.I. The van der Waals surface area contributed by atoms with Gasteiger partial charge in [0, 0.05) is 31.0 Å². The van der Waals surface area contributed by atoms with Crippen LogP contribution in [0.25, 0.3) is 0 Å². The van der Waals surface area contributed by atoms with Gasteiger partial charge in [-0.05, 0) is 42.7 Å². The zero-order valence-electron chi connectivity index (χ0n) is 16.8. The summed E-state index contributed by atoms with van der Waals surface area (Å²) in [6, 6.07) is 13.9. The van der Waals surface area contributed by atoms with Crippen molar-refractivity contribution in [2.45, 2.75) is 26.4 Å². The Morgan fingerprint density at radius 2 is 1.73 bits per heavy atom. The van der Waals surface area contributed by atoms with Crippen molar-refractivity contribution in [3.8, 4) is 0 Å². The summed E-state index contributed by atoms with van der Waals surface area (Å²) in [6.07, 6.45) is 3.92. The first kappa shape index (κ1) is 23.8. The second-order valence-corrected chi connectivity index (χ2v) is 6.54. The fourth-order valence-electron chi connectivity index (χ4n) is 3.02. The van der Waals surface area contributed by atoms with Gasteiger partial charge in [-0.25, -0.2) is 13.8 Å². The van der Waals surface area contributed by atoms with E-state index in [1.807, 2.05) is 42.1 Å². The van der Waals surface area contributed by atoms with Gasteiger partial charge in [0.1, 0.15) is 11.6 Å². The Balaban J connectivity index is 0.00000320. The largest absolute Gasteiger partial charge is 0.357 e. The number of guanidine groups is 1. The van der Waals surface area contributed by atoms with Crippen LogP contribution in [0.5, 0.6) is 0 Å². The molecule has 8 heteroatoms. The van der Waals surface area contributed by atoms with Crippen LogP contribution >= 0.6 is 24.0 Å². The molecule has 160 valence electrons. The number of benzene rings is 2. The molecule has 0 unspecified atom stereocenters. The summed E-state index contributed by atoms with van der Waals surface area (Å²) in [5.74, 6) is -0.444. The fourth-order valence-corrected chi connectivity index (χ4v) is 3.02. The molecule has 3 rings (SSSR count). The molecule has 0 spiro atoms. The van der Waals surface area contributed by atoms with E-state index in [0.717, 1.165) is 11.1 Å². The van der Waals surface area contributed by atoms with E-state index in [1.165, 1.54) is 18.2 Å². The first-order chi connectivity index (χ1) is 14.2. The van der Waals surface area contributed by atoms with Gasteiger partial charge in [-0.1, -0.05) is 30.3 Å². The van der Waals surface area contributed by atoms with Crippen LogP contribution in [0, 0.1) is 11.6 Å². The highest BCUT2D eigenvalue weighted by molar-refractivity contribution is 14.0. The molecule has 0 radical (unpaired) electrons. The van der Waals surface area contributed by atoms with E-state index in [9.17, 15) is 8.78 Å². The molecule has 0 amide bonds. The van der Waals surface area contributed by atoms with E-state index in [0.29, 0.717) is 32.1 Å². The second-order valence-electron chi connectivity index (χ2n) is 6.54. The molecule has 5 nitrogen and oxygen atoms in total. The van der Waals surface area contributed by atoms with Crippen LogP contribution in [0.3, 0.4) is 0 Å². The number of halogens is 3. The number of aliphatic imine (C=N–C) groups is 1. The van der Waals surface area contributed by atoms with Crippen molar-refractivity contribution in [3.63, 3.8) is 0 Å². The minimum Gasteiger partial charge on any atom is -0.357 e. The van der Waals surface area contributed by atoms with Crippen molar-refractivity contribution in [1.29, 1.82) is 0 Å². The van der Waals surface area contributed by atoms with Crippen molar-refractivity contribution in [2.75, 3.05) is 13.1 Å². The molecular formula is C22H26F2IN5.